The van der Waals surface area contributed by atoms with Gasteiger partial charge in [-0.25, -0.2) is 4.98 Å². The molecular formula is C20H27N3O3S2. The van der Waals surface area contributed by atoms with Gasteiger partial charge in [0.1, 0.15) is 5.76 Å². The van der Waals surface area contributed by atoms with Gasteiger partial charge in [0.25, 0.3) is 5.91 Å². The Morgan fingerprint density at radius 1 is 1.43 bits per heavy atom. The number of carbonyl (C=O) groups excluding carboxylic acids is 1. The van der Waals surface area contributed by atoms with E-state index in [2.05, 4.69) is 15.3 Å². The smallest absolute Gasteiger partial charge is 0.289 e. The summed E-state index contributed by atoms with van der Waals surface area (Å²) in [6.07, 6.45) is 4.36. The average Bonchev–Trinajstić information content (AvgIpc) is 3.34. The lowest BCUT2D eigenvalue weighted by Crippen LogP contribution is -2.54. The monoisotopic (exact) mass is 421 g/mol. The van der Waals surface area contributed by atoms with Gasteiger partial charge in [0.05, 0.1) is 23.1 Å². The SMILES string of the molecule is CSCc1ccc(C(=O)N2CCC3(CC2)CC(O)CN(Cc2cscn2)C3)o1. The molecule has 1 spiro atoms. The van der Waals surface area contributed by atoms with Crippen LogP contribution in [0.15, 0.2) is 27.4 Å². The topological polar surface area (TPSA) is 69.8 Å². The number of thioether (sulfide) groups is 1. The van der Waals surface area contributed by atoms with Gasteiger partial charge in [-0.05, 0) is 43.1 Å². The quantitative estimate of drug-likeness (QED) is 0.800. The lowest BCUT2D eigenvalue weighted by molar-refractivity contribution is -0.0409. The van der Waals surface area contributed by atoms with Crippen LogP contribution in [-0.2, 0) is 12.3 Å². The summed E-state index contributed by atoms with van der Waals surface area (Å²) in [7, 11) is 0. The Hall–Kier alpha value is -1.35. The van der Waals surface area contributed by atoms with Crippen LogP contribution in [0.5, 0.6) is 0 Å². The standard InChI is InChI=1S/C20H27N3O3S2/c1-27-12-17-2-3-18(26-17)19(25)23-6-4-20(5-7-23)8-16(24)10-22(13-20)9-15-11-28-14-21-15/h2-3,11,14,16,24H,4-10,12-13H2,1H3. The van der Waals surface area contributed by atoms with Gasteiger partial charge in [-0.15, -0.1) is 11.3 Å². The molecule has 28 heavy (non-hydrogen) atoms. The Balaban J connectivity index is 1.37. The van der Waals surface area contributed by atoms with Crippen LogP contribution in [0.4, 0.5) is 0 Å². The van der Waals surface area contributed by atoms with E-state index in [0.29, 0.717) is 25.4 Å². The van der Waals surface area contributed by atoms with E-state index in [4.69, 9.17) is 4.42 Å². The second-order valence-electron chi connectivity index (χ2n) is 8.00. The van der Waals surface area contributed by atoms with E-state index >= 15 is 0 Å². The van der Waals surface area contributed by atoms with Gasteiger partial charge in [0.2, 0.25) is 0 Å². The maximum atomic E-state index is 12.8. The molecule has 4 heterocycles. The predicted octanol–water partition coefficient (Wildman–Crippen LogP) is 3.09. The Kier molecular flexibility index (Phi) is 6.10. The fourth-order valence-electron chi connectivity index (χ4n) is 4.55. The Labute approximate surface area is 173 Å². The third-order valence-corrected chi connectivity index (χ3v) is 7.04. The molecule has 152 valence electrons. The molecule has 0 aromatic carbocycles. The number of aromatic nitrogens is 1. The van der Waals surface area contributed by atoms with Crippen LogP contribution >= 0.6 is 23.1 Å². The molecule has 0 aliphatic carbocycles. The molecule has 4 rings (SSSR count). The van der Waals surface area contributed by atoms with E-state index < -0.39 is 0 Å². The molecule has 2 aromatic heterocycles. The summed E-state index contributed by atoms with van der Waals surface area (Å²) in [5, 5.41) is 12.5. The largest absolute Gasteiger partial charge is 0.455 e. The molecule has 0 bridgehead atoms. The van der Waals surface area contributed by atoms with Crippen LogP contribution in [0, 0.1) is 5.41 Å². The molecule has 2 saturated heterocycles. The van der Waals surface area contributed by atoms with Crippen molar-refractivity contribution in [3.05, 3.63) is 40.2 Å². The predicted molar refractivity (Wildman–Crippen MR) is 112 cm³/mol. The molecule has 1 amide bonds. The van der Waals surface area contributed by atoms with E-state index in [1.165, 1.54) is 0 Å². The second-order valence-corrected chi connectivity index (χ2v) is 9.58. The molecule has 2 aliphatic heterocycles. The van der Waals surface area contributed by atoms with Crippen molar-refractivity contribution in [2.24, 2.45) is 5.41 Å². The van der Waals surface area contributed by atoms with Gasteiger partial charge in [-0.2, -0.15) is 11.8 Å². The van der Waals surface area contributed by atoms with Crippen LogP contribution in [-0.4, -0.2) is 64.3 Å². The summed E-state index contributed by atoms with van der Waals surface area (Å²) < 4.78 is 5.70. The molecule has 2 aromatic rings. The number of furan rings is 1. The van der Waals surface area contributed by atoms with Crippen LogP contribution in [0.25, 0.3) is 0 Å². The lowest BCUT2D eigenvalue weighted by Gasteiger charge is -2.49. The lowest BCUT2D eigenvalue weighted by atomic mass is 9.71. The minimum atomic E-state index is -0.311. The zero-order valence-corrected chi connectivity index (χ0v) is 17.8. The van der Waals surface area contributed by atoms with Crippen molar-refractivity contribution < 1.29 is 14.3 Å². The summed E-state index contributed by atoms with van der Waals surface area (Å²) in [4.78, 5) is 21.4. The fourth-order valence-corrected chi connectivity index (χ4v) is 5.54. The number of β-amino-alcohol motifs (C(OH)–C–C–N with tert-alkyl or cyclic N) is 1. The molecule has 2 aliphatic rings. The third kappa shape index (κ3) is 4.45. The minimum Gasteiger partial charge on any atom is -0.455 e. The number of likely N-dealkylation sites (tertiary alicyclic amines) is 2. The first-order valence-corrected chi connectivity index (χ1v) is 12.0. The highest BCUT2D eigenvalue weighted by Gasteiger charge is 2.42. The molecule has 1 N–H and O–H groups in total. The number of piperidine rings is 2. The highest BCUT2D eigenvalue weighted by Crippen LogP contribution is 2.40. The Morgan fingerprint density at radius 3 is 2.96 bits per heavy atom. The molecular weight excluding hydrogens is 394 g/mol. The fraction of sp³-hybridized carbons (Fsp3) is 0.600. The summed E-state index contributed by atoms with van der Waals surface area (Å²) >= 11 is 3.29. The van der Waals surface area contributed by atoms with Gasteiger partial charge in [0.15, 0.2) is 5.76 Å². The molecule has 0 radical (unpaired) electrons. The average molecular weight is 422 g/mol. The zero-order valence-electron chi connectivity index (χ0n) is 16.2. The first-order chi connectivity index (χ1) is 13.6. The summed E-state index contributed by atoms with van der Waals surface area (Å²) in [6.45, 7) is 3.88. The number of carbonyl (C=O) groups is 1. The number of hydrogen-bond donors (Lipinski definition) is 1. The summed E-state index contributed by atoms with van der Waals surface area (Å²) in [5.74, 6) is 2.05. The van der Waals surface area contributed by atoms with Gasteiger partial charge in [0, 0.05) is 38.1 Å². The number of hydrogen-bond acceptors (Lipinski definition) is 7. The number of nitrogens with zero attached hydrogens (tertiary/aromatic N) is 3. The van der Waals surface area contributed by atoms with Crippen molar-refractivity contribution in [1.82, 2.24) is 14.8 Å². The van der Waals surface area contributed by atoms with Crippen LogP contribution in [0.3, 0.4) is 0 Å². The van der Waals surface area contributed by atoms with E-state index in [1.807, 2.05) is 22.7 Å². The number of amides is 1. The van der Waals surface area contributed by atoms with Crippen molar-refractivity contribution in [3.63, 3.8) is 0 Å². The zero-order chi connectivity index (χ0) is 19.6. The van der Waals surface area contributed by atoms with Gasteiger partial charge in [-0.1, -0.05) is 0 Å². The Morgan fingerprint density at radius 2 is 2.25 bits per heavy atom. The van der Waals surface area contributed by atoms with Crippen LogP contribution < -0.4 is 0 Å². The highest BCUT2D eigenvalue weighted by atomic mass is 32.2. The number of thiazole rings is 1. The highest BCUT2D eigenvalue weighted by molar-refractivity contribution is 7.97. The van der Waals surface area contributed by atoms with Crippen molar-refractivity contribution in [1.29, 1.82) is 0 Å². The number of rotatable bonds is 5. The maximum Gasteiger partial charge on any atom is 0.289 e. The molecule has 2 fully saturated rings. The third-order valence-electron chi connectivity index (χ3n) is 5.84. The van der Waals surface area contributed by atoms with E-state index in [1.54, 1.807) is 29.2 Å². The van der Waals surface area contributed by atoms with Crippen molar-refractivity contribution >= 4 is 29.0 Å². The van der Waals surface area contributed by atoms with E-state index in [0.717, 1.165) is 49.6 Å². The normalized spacial score (nSPS) is 22.6. The maximum absolute atomic E-state index is 12.8. The summed E-state index contributed by atoms with van der Waals surface area (Å²) in [6, 6.07) is 3.68. The van der Waals surface area contributed by atoms with Gasteiger partial charge in [-0.3, -0.25) is 9.69 Å². The molecule has 1 atom stereocenters. The Bertz CT molecular complexity index is 784. The molecule has 0 saturated carbocycles. The number of aliphatic hydroxyl groups excluding tert-OH is 1. The van der Waals surface area contributed by atoms with Crippen molar-refractivity contribution in [2.75, 3.05) is 32.4 Å². The van der Waals surface area contributed by atoms with Crippen LogP contribution in [0.2, 0.25) is 0 Å². The van der Waals surface area contributed by atoms with Gasteiger partial charge >= 0.3 is 0 Å². The minimum absolute atomic E-state index is 0.0158. The van der Waals surface area contributed by atoms with E-state index in [9.17, 15) is 9.90 Å². The van der Waals surface area contributed by atoms with Crippen LogP contribution in [0.1, 0.15) is 41.3 Å². The first kappa shape index (κ1) is 19.9. The molecule has 8 heteroatoms. The number of aliphatic hydroxyl groups is 1. The second kappa shape index (κ2) is 8.57. The summed E-state index contributed by atoms with van der Waals surface area (Å²) in [5.41, 5.74) is 3.01. The van der Waals surface area contributed by atoms with Gasteiger partial charge < -0.3 is 14.4 Å². The molecule has 1 unspecified atom stereocenters. The van der Waals surface area contributed by atoms with Crippen molar-refractivity contribution in [3.8, 4) is 0 Å². The van der Waals surface area contributed by atoms with Crippen molar-refractivity contribution in [2.45, 2.75) is 37.7 Å². The molecule has 6 nitrogen and oxygen atoms in total. The van der Waals surface area contributed by atoms with E-state index in [-0.39, 0.29) is 17.4 Å². The first-order valence-electron chi connectivity index (χ1n) is 9.71.